The number of aromatic nitrogens is 1. The highest BCUT2D eigenvalue weighted by atomic mass is 16.4. The van der Waals surface area contributed by atoms with Gasteiger partial charge in [0.1, 0.15) is 6.04 Å². The Hall–Kier alpha value is -2.15. The predicted octanol–water partition coefficient (Wildman–Crippen LogP) is 0.119. The molecule has 3 N–H and O–H groups in total. The summed E-state index contributed by atoms with van der Waals surface area (Å²) < 4.78 is 0. The first kappa shape index (κ1) is 14.3. The van der Waals surface area contributed by atoms with E-state index < -0.39 is 24.1 Å². The topological polar surface area (TPSA) is 103 Å². The number of carbonyl (C=O) groups is 2. The van der Waals surface area contributed by atoms with Gasteiger partial charge in [-0.3, -0.25) is 4.98 Å². The average molecular weight is 279 g/mol. The van der Waals surface area contributed by atoms with Crippen LogP contribution in [0.1, 0.15) is 17.5 Å². The third-order valence-corrected chi connectivity index (χ3v) is 3.39. The van der Waals surface area contributed by atoms with Gasteiger partial charge in [0.25, 0.3) is 0 Å². The van der Waals surface area contributed by atoms with Gasteiger partial charge in [0.05, 0.1) is 6.10 Å². The molecule has 0 saturated carbocycles. The third kappa shape index (κ3) is 3.05. The van der Waals surface area contributed by atoms with E-state index >= 15 is 0 Å². The Bertz CT molecular complexity index is 520. The van der Waals surface area contributed by atoms with Crippen LogP contribution in [0.5, 0.6) is 0 Å². The Morgan fingerprint density at radius 1 is 1.55 bits per heavy atom. The van der Waals surface area contributed by atoms with Crippen molar-refractivity contribution in [3.63, 3.8) is 0 Å². The molecule has 1 fully saturated rings. The Labute approximate surface area is 116 Å². The van der Waals surface area contributed by atoms with Gasteiger partial charge in [0.2, 0.25) is 0 Å². The fraction of sp³-hybridized carbons (Fsp3) is 0.462. The fourth-order valence-electron chi connectivity index (χ4n) is 2.25. The molecule has 2 heterocycles. The third-order valence-electron chi connectivity index (χ3n) is 3.39. The molecular formula is C13H17N3O4. The van der Waals surface area contributed by atoms with Gasteiger partial charge >= 0.3 is 12.0 Å². The number of aliphatic carboxylic acids is 1. The summed E-state index contributed by atoms with van der Waals surface area (Å²) >= 11 is 0. The molecule has 2 unspecified atom stereocenters. The molecule has 1 aliphatic heterocycles. The van der Waals surface area contributed by atoms with Crippen molar-refractivity contribution in [1.82, 2.24) is 15.2 Å². The smallest absolute Gasteiger partial charge is 0.326 e. The van der Waals surface area contributed by atoms with E-state index in [0.29, 0.717) is 6.54 Å². The average Bonchev–Trinajstić information content (AvgIpc) is 2.80. The Morgan fingerprint density at radius 3 is 2.95 bits per heavy atom. The van der Waals surface area contributed by atoms with Crippen LogP contribution in [-0.4, -0.2) is 50.8 Å². The van der Waals surface area contributed by atoms with Gasteiger partial charge < -0.3 is 20.4 Å². The highest BCUT2D eigenvalue weighted by Gasteiger charge is 2.38. The van der Waals surface area contributed by atoms with Crippen LogP contribution in [0, 0.1) is 6.92 Å². The Morgan fingerprint density at radius 2 is 2.30 bits per heavy atom. The van der Waals surface area contributed by atoms with Crippen LogP contribution in [-0.2, 0) is 11.3 Å². The zero-order chi connectivity index (χ0) is 14.7. The minimum Gasteiger partial charge on any atom is -0.480 e. The van der Waals surface area contributed by atoms with Gasteiger partial charge in [-0.15, -0.1) is 0 Å². The molecule has 1 aliphatic rings. The molecule has 20 heavy (non-hydrogen) atoms. The molecule has 2 rings (SSSR count). The normalized spacial score (nSPS) is 21.8. The number of β-amino-alcohol motifs (C(OH)–C–C–N with tert-alkyl or cyclic N) is 1. The SMILES string of the molecule is Cc1cnccc1CNC(=O)N1CC(O)CC1C(=O)O. The van der Waals surface area contributed by atoms with Gasteiger partial charge in [0, 0.05) is 31.9 Å². The number of hydrogen-bond acceptors (Lipinski definition) is 4. The molecule has 1 saturated heterocycles. The summed E-state index contributed by atoms with van der Waals surface area (Å²) in [5.41, 5.74) is 1.86. The molecule has 0 bridgehead atoms. The highest BCUT2D eigenvalue weighted by molar-refractivity contribution is 5.83. The molecule has 1 aromatic rings. The minimum absolute atomic E-state index is 0.0398. The maximum Gasteiger partial charge on any atom is 0.326 e. The van der Waals surface area contributed by atoms with Crippen molar-refractivity contribution in [2.24, 2.45) is 0 Å². The number of urea groups is 1. The molecule has 7 heteroatoms. The molecule has 7 nitrogen and oxygen atoms in total. The predicted molar refractivity (Wildman–Crippen MR) is 70.0 cm³/mol. The lowest BCUT2D eigenvalue weighted by atomic mass is 10.1. The lowest BCUT2D eigenvalue weighted by Crippen LogP contribution is -2.46. The molecule has 108 valence electrons. The second-order valence-electron chi connectivity index (χ2n) is 4.86. The number of nitrogens with zero attached hydrogens (tertiary/aromatic N) is 2. The summed E-state index contributed by atoms with van der Waals surface area (Å²) in [6.45, 7) is 2.22. The maximum absolute atomic E-state index is 12.0. The molecule has 0 radical (unpaired) electrons. The van der Waals surface area contributed by atoms with Crippen LogP contribution in [0.3, 0.4) is 0 Å². The fourth-order valence-corrected chi connectivity index (χ4v) is 2.25. The van der Waals surface area contributed by atoms with Crippen molar-refractivity contribution in [2.75, 3.05) is 6.54 Å². The standard InChI is InChI=1S/C13H17N3O4/c1-8-5-14-3-2-9(8)6-15-13(20)16-7-10(17)4-11(16)12(18)19/h2-3,5,10-11,17H,4,6-7H2,1H3,(H,15,20)(H,18,19). The molecule has 2 amide bonds. The molecule has 0 spiro atoms. The van der Waals surface area contributed by atoms with Crippen molar-refractivity contribution >= 4 is 12.0 Å². The quantitative estimate of drug-likeness (QED) is 0.729. The second kappa shape index (κ2) is 5.87. The Kier molecular flexibility index (Phi) is 4.19. The summed E-state index contributed by atoms with van der Waals surface area (Å²) in [6.07, 6.45) is 2.61. The summed E-state index contributed by atoms with van der Waals surface area (Å²) in [4.78, 5) is 28.2. The van der Waals surface area contributed by atoms with Crippen LogP contribution < -0.4 is 5.32 Å². The molecule has 2 atom stereocenters. The first-order valence-electron chi connectivity index (χ1n) is 6.34. The van der Waals surface area contributed by atoms with E-state index in [0.717, 1.165) is 16.0 Å². The van der Waals surface area contributed by atoms with E-state index in [4.69, 9.17) is 5.11 Å². The van der Waals surface area contributed by atoms with Crippen LogP contribution >= 0.6 is 0 Å². The number of pyridine rings is 1. The van der Waals surface area contributed by atoms with E-state index in [9.17, 15) is 14.7 Å². The van der Waals surface area contributed by atoms with Crippen molar-refractivity contribution in [2.45, 2.75) is 32.0 Å². The molecule has 0 aromatic carbocycles. The number of likely N-dealkylation sites (tertiary alicyclic amines) is 1. The van der Waals surface area contributed by atoms with Crippen LogP contribution in [0.15, 0.2) is 18.5 Å². The lowest BCUT2D eigenvalue weighted by Gasteiger charge is -2.21. The van der Waals surface area contributed by atoms with Crippen molar-refractivity contribution < 1.29 is 19.8 Å². The summed E-state index contributed by atoms with van der Waals surface area (Å²) in [5.74, 6) is -1.10. The maximum atomic E-state index is 12.0. The zero-order valence-corrected chi connectivity index (χ0v) is 11.1. The first-order valence-corrected chi connectivity index (χ1v) is 6.34. The van der Waals surface area contributed by atoms with Crippen LogP contribution in [0.2, 0.25) is 0 Å². The van der Waals surface area contributed by atoms with E-state index in [1.54, 1.807) is 18.5 Å². The molecule has 0 aliphatic carbocycles. The van der Waals surface area contributed by atoms with Crippen molar-refractivity contribution in [3.05, 3.63) is 29.6 Å². The second-order valence-corrected chi connectivity index (χ2v) is 4.86. The summed E-state index contributed by atoms with van der Waals surface area (Å²) in [6, 6.07) is 0.344. The van der Waals surface area contributed by atoms with Gasteiger partial charge in [-0.05, 0) is 24.1 Å². The van der Waals surface area contributed by atoms with Crippen LogP contribution in [0.25, 0.3) is 0 Å². The summed E-state index contributed by atoms with van der Waals surface area (Å²) in [7, 11) is 0. The number of hydrogen-bond donors (Lipinski definition) is 3. The first-order chi connectivity index (χ1) is 9.49. The van der Waals surface area contributed by atoms with E-state index in [2.05, 4.69) is 10.3 Å². The number of aryl methyl sites for hydroxylation is 1. The van der Waals surface area contributed by atoms with Crippen molar-refractivity contribution in [3.8, 4) is 0 Å². The monoisotopic (exact) mass is 279 g/mol. The van der Waals surface area contributed by atoms with Crippen molar-refractivity contribution in [1.29, 1.82) is 0 Å². The number of amides is 2. The highest BCUT2D eigenvalue weighted by Crippen LogP contribution is 2.18. The lowest BCUT2D eigenvalue weighted by molar-refractivity contribution is -0.141. The number of aliphatic hydroxyl groups excluding tert-OH is 1. The van der Waals surface area contributed by atoms with Gasteiger partial charge in [0.15, 0.2) is 0 Å². The van der Waals surface area contributed by atoms with E-state index in [1.807, 2.05) is 6.92 Å². The largest absolute Gasteiger partial charge is 0.480 e. The van der Waals surface area contributed by atoms with Gasteiger partial charge in [-0.25, -0.2) is 9.59 Å². The minimum atomic E-state index is -1.10. The number of nitrogens with one attached hydrogen (secondary N) is 1. The molecular weight excluding hydrogens is 262 g/mol. The summed E-state index contributed by atoms with van der Waals surface area (Å²) in [5, 5.41) is 21.2. The van der Waals surface area contributed by atoms with E-state index in [-0.39, 0.29) is 13.0 Å². The number of aliphatic hydroxyl groups is 1. The number of carbonyl (C=O) groups excluding carboxylic acids is 1. The van der Waals surface area contributed by atoms with Gasteiger partial charge in [-0.1, -0.05) is 0 Å². The number of carboxylic acids is 1. The molecule has 1 aromatic heterocycles. The van der Waals surface area contributed by atoms with Crippen LogP contribution in [0.4, 0.5) is 4.79 Å². The number of carboxylic acid groups (broad SMARTS) is 1. The number of rotatable bonds is 3. The van der Waals surface area contributed by atoms with E-state index in [1.165, 1.54) is 0 Å². The van der Waals surface area contributed by atoms with Gasteiger partial charge in [-0.2, -0.15) is 0 Å². The zero-order valence-electron chi connectivity index (χ0n) is 11.1. The Balaban J connectivity index is 1.98.